The number of hydrogen-bond acceptors (Lipinski definition) is 3. The molecule has 2 amide bonds. The maximum Gasteiger partial charge on any atom is 0.274 e. The van der Waals surface area contributed by atoms with Gasteiger partial charge < -0.3 is 0 Å². The number of carbonyl (C=O) groups is 2. The Bertz CT molecular complexity index is 774. The molecule has 0 atom stereocenters. The molecule has 5 nitrogen and oxygen atoms in total. The lowest BCUT2D eigenvalue weighted by molar-refractivity contribution is 0.0357. The Balaban J connectivity index is 2.34. The van der Waals surface area contributed by atoms with E-state index >= 15 is 0 Å². The number of nitrogens with zero attached hydrogens (tertiary/aromatic N) is 2. The van der Waals surface area contributed by atoms with Crippen LogP contribution in [0.1, 0.15) is 41.5 Å². The van der Waals surface area contributed by atoms with E-state index in [1.54, 1.807) is 26.8 Å². The molecule has 2 aromatic rings. The molecule has 0 saturated heterocycles. The van der Waals surface area contributed by atoms with Crippen molar-refractivity contribution in [3.63, 3.8) is 0 Å². The summed E-state index contributed by atoms with van der Waals surface area (Å²) >= 11 is 6.01. The van der Waals surface area contributed by atoms with Gasteiger partial charge in [-0.3, -0.25) is 20.0 Å². The van der Waals surface area contributed by atoms with Gasteiger partial charge in [-0.15, -0.1) is 0 Å². The Morgan fingerprint density at radius 3 is 2.42 bits per heavy atom. The fraction of sp³-hybridized carbons (Fsp3) is 0.235. The highest BCUT2D eigenvalue weighted by Gasteiger charge is 2.31. The molecule has 0 fully saturated rings. The van der Waals surface area contributed by atoms with Gasteiger partial charge in [0.05, 0.1) is 21.7 Å². The van der Waals surface area contributed by atoms with Crippen molar-refractivity contribution < 1.29 is 14.0 Å². The summed E-state index contributed by atoms with van der Waals surface area (Å²) in [4.78, 5) is 29.0. The van der Waals surface area contributed by atoms with Gasteiger partial charge in [0.1, 0.15) is 5.82 Å². The summed E-state index contributed by atoms with van der Waals surface area (Å²) in [6.45, 7) is 5.21. The van der Waals surface area contributed by atoms with Crippen LogP contribution in [0.3, 0.4) is 0 Å². The maximum absolute atomic E-state index is 13.8. The number of carbonyl (C=O) groups excluding carboxylic acids is 2. The van der Waals surface area contributed by atoms with Crippen molar-refractivity contribution in [2.45, 2.75) is 26.3 Å². The highest BCUT2D eigenvalue weighted by Crippen LogP contribution is 2.20. The van der Waals surface area contributed by atoms with Crippen LogP contribution in [0.2, 0.25) is 5.02 Å². The van der Waals surface area contributed by atoms with E-state index in [1.165, 1.54) is 36.7 Å². The van der Waals surface area contributed by atoms with Crippen LogP contribution >= 0.6 is 11.6 Å². The Morgan fingerprint density at radius 1 is 1.17 bits per heavy atom. The Hall–Kier alpha value is -2.47. The molecule has 7 heteroatoms. The highest BCUT2D eigenvalue weighted by molar-refractivity contribution is 6.33. The second-order valence-corrected chi connectivity index (χ2v) is 6.49. The first kappa shape index (κ1) is 17.9. The largest absolute Gasteiger partial charge is 0.274 e. The molecule has 2 rings (SSSR count). The SMILES string of the molecule is CC(C)(C)N(NC(=O)c1ccccc1F)C(=O)c1ccncc1Cl. The number of rotatable bonds is 2. The van der Waals surface area contributed by atoms with E-state index in [2.05, 4.69) is 10.4 Å². The quantitative estimate of drug-likeness (QED) is 0.844. The number of nitrogens with one attached hydrogen (secondary N) is 1. The minimum atomic E-state index is -0.759. The number of hydrazine groups is 1. The number of pyridine rings is 1. The third-order valence-corrected chi connectivity index (χ3v) is 3.51. The van der Waals surface area contributed by atoms with Crippen molar-refractivity contribution in [1.82, 2.24) is 15.4 Å². The Labute approximate surface area is 144 Å². The third-order valence-electron chi connectivity index (χ3n) is 3.21. The first-order valence-corrected chi connectivity index (χ1v) is 7.59. The molecule has 24 heavy (non-hydrogen) atoms. The third kappa shape index (κ3) is 3.89. The van der Waals surface area contributed by atoms with Crippen LogP contribution < -0.4 is 5.43 Å². The van der Waals surface area contributed by atoms with E-state index in [1.807, 2.05) is 0 Å². The standard InChI is InChI=1S/C17H17ClFN3O2/c1-17(2,3)22(16(24)11-8-9-20-10-13(11)18)21-15(23)12-6-4-5-7-14(12)19/h4-10H,1-3H3,(H,21,23). The van der Waals surface area contributed by atoms with E-state index in [4.69, 9.17) is 11.6 Å². The van der Waals surface area contributed by atoms with Gasteiger partial charge in [0.2, 0.25) is 0 Å². The van der Waals surface area contributed by atoms with Crippen molar-refractivity contribution in [3.05, 3.63) is 64.7 Å². The number of benzene rings is 1. The molecule has 0 bridgehead atoms. The van der Waals surface area contributed by atoms with Crippen LogP contribution in [0.15, 0.2) is 42.7 Å². The molecule has 0 spiro atoms. The fourth-order valence-corrected chi connectivity index (χ4v) is 2.20. The average molecular weight is 350 g/mol. The van der Waals surface area contributed by atoms with Crippen LogP contribution in [0.4, 0.5) is 4.39 Å². The van der Waals surface area contributed by atoms with E-state index in [0.717, 1.165) is 5.01 Å². The minimum absolute atomic E-state index is 0.152. The fourth-order valence-electron chi connectivity index (χ4n) is 2.00. The highest BCUT2D eigenvalue weighted by atomic mass is 35.5. The maximum atomic E-state index is 13.8. The lowest BCUT2D eigenvalue weighted by Gasteiger charge is -2.35. The summed E-state index contributed by atoms with van der Waals surface area (Å²) in [5, 5.41) is 1.29. The first-order valence-electron chi connectivity index (χ1n) is 7.21. The van der Waals surface area contributed by atoms with Gasteiger partial charge in [-0.1, -0.05) is 23.7 Å². The lowest BCUT2D eigenvalue weighted by Crippen LogP contribution is -2.56. The van der Waals surface area contributed by atoms with Crippen molar-refractivity contribution in [1.29, 1.82) is 0 Å². The van der Waals surface area contributed by atoms with Gasteiger partial charge in [-0.25, -0.2) is 9.40 Å². The van der Waals surface area contributed by atoms with E-state index < -0.39 is 23.2 Å². The number of halogens is 2. The van der Waals surface area contributed by atoms with Gasteiger partial charge >= 0.3 is 0 Å². The predicted molar refractivity (Wildman–Crippen MR) is 89.0 cm³/mol. The molecule has 1 heterocycles. The van der Waals surface area contributed by atoms with Crippen LogP contribution in [-0.2, 0) is 0 Å². The van der Waals surface area contributed by atoms with Gasteiger partial charge in [0.15, 0.2) is 0 Å². The molecule has 0 saturated carbocycles. The van der Waals surface area contributed by atoms with Crippen LogP contribution in [0, 0.1) is 5.82 Å². The molecule has 0 unspecified atom stereocenters. The van der Waals surface area contributed by atoms with Crippen molar-refractivity contribution >= 4 is 23.4 Å². The molecule has 1 aromatic carbocycles. The summed E-state index contributed by atoms with van der Waals surface area (Å²) in [6.07, 6.45) is 2.77. The second-order valence-electron chi connectivity index (χ2n) is 6.09. The summed E-state index contributed by atoms with van der Waals surface area (Å²) in [7, 11) is 0. The molecular weight excluding hydrogens is 333 g/mol. The summed E-state index contributed by atoms with van der Waals surface area (Å²) < 4.78 is 13.8. The first-order chi connectivity index (χ1) is 11.2. The molecule has 0 aliphatic rings. The zero-order valence-electron chi connectivity index (χ0n) is 13.5. The van der Waals surface area contributed by atoms with Crippen LogP contribution in [-0.4, -0.2) is 27.3 Å². The molecule has 0 aliphatic heterocycles. The minimum Gasteiger partial charge on any atom is -0.267 e. The topological polar surface area (TPSA) is 62.3 Å². The van der Waals surface area contributed by atoms with Crippen molar-refractivity contribution in [2.24, 2.45) is 0 Å². The molecule has 126 valence electrons. The monoisotopic (exact) mass is 349 g/mol. The molecule has 0 aliphatic carbocycles. The van der Waals surface area contributed by atoms with Gasteiger partial charge in [-0.05, 0) is 39.0 Å². The van der Waals surface area contributed by atoms with Crippen LogP contribution in [0.5, 0.6) is 0 Å². The smallest absolute Gasteiger partial charge is 0.267 e. The van der Waals surface area contributed by atoms with Crippen molar-refractivity contribution in [2.75, 3.05) is 0 Å². The summed E-state index contributed by atoms with van der Waals surface area (Å²) in [6, 6.07) is 7.00. The molecule has 1 aromatic heterocycles. The van der Waals surface area contributed by atoms with Crippen molar-refractivity contribution in [3.8, 4) is 0 Å². The zero-order valence-corrected chi connectivity index (χ0v) is 14.3. The average Bonchev–Trinajstić information content (AvgIpc) is 2.51. The Kier molecular flexibility index (Phi) is 5.19. The lowest BCUT2D eigenvalue weighted by atomic mass is 10.1. The number of hydrogen-bond donors (Lipinski definition) is 1. The second kappa shape index (κ2) is 6.97. The normalized spacial score (nSPS) is 11.0. The molecule has 1 N–H and O–H groups in total. The molecule has 0 radical (unpaired) electrons. The van der Waals surface area contributed by atoms with Gasteiger partial charge in [0.25, 0.3) is 11.8 Å². The van der Waals surface area contributed by atoms with Gasteiger partial charge in [-0.2, -0.15) is 0 Å². The predicted octanol–water partition coefficient (Wildman–Crippen LogP) is 3.46. The van der Waals surface area contributed by atoms with E-state index in [9.17, 15) is 14.0 Å². The number of amides is 2. The molecular formula is C17H17ClFN3O2. The number of aromatic nitrogens is 1. The Morgan fingerprint density at radius 2 is 1.83 bits per heavy atom. The van der Waals surface area contributed by atoms with Gasteiger partial charge in [0, 0.05) is 12.4 Å². The van der Waals surface area contributed by atoms with E-state index in [-0.39, 0.29) is 16.1 Å². The van der Waals surface area contributed by atoms with Crippen LogP contribution in [0.25, 0.3) is 0 Å². The summed E-state index contributed by atoms with van der Waals surface area (Å²) in [5.41, 5.74) is 1.74. The summed E-state index contributed by atoms with van der Waals surface area (Å²) in [5.74, 6) is -1.90. The zero-order chi connectivity index (χ0) is 17.9. The van der Waals surface area contributed by atoms with E-state index in [0.29, 0.717) is 0 Å².